The minimum atomic E-state index is -0.709. The smallest absolute Gasteiger partial charge is 0.351 e. The summed E-state index contributed by atoms with van der Waals surface area (Å²) < 4.78 is 16.8. The van der Waals surface area contributed by atoms with E-state index in [9.17, 15) is 14.0 Å². The standard InChI is InChI=1S/C17H21FN6O2/c18-13-5-12-14(23(11-1-2-11)17(26)24(19)16(12)25)21-15(13)22-7-9-3-4-20-6-10(9)8-22/h5,9-11,20H,1-4,6-8,19H2. The van der Waals surface area contributed by atoms with Gasteiger partial charge in [0.15, 0.2) is 17.3 Å². The maximum Gasteiger partial charge on any atom is 0.351 e. The van der Waals surface area contributed by atoms with E-state index in [1.54, 1.807) is 0 Å². The number of piperidine rings is 1. The number of aromatic nitrogens is 3. The predicted molar refractivity (Wildman–Crippen MR) is 95.3 cm³/mol. The fraction of sp³-hybridized carbons (Fsp3) is 0.588. The van der Waals surface area contributed by atoms with Crippen molar-refractivity contribution in [3.8, 4) is 0 Å². The van der Waals surface area contributed by atoms with Crippen molar-refractivity contribution in [3.05, 3.63) is 32.7 Å². The van der Waals surface area contributed by atoms with Gasteiger partial charge >= 0.3 is 5.69 Å². The van der Waals surface area contributed by atoms with Gasteiger partial charge in [-0.15, -0.1) is 0 Å². The van der Waals surface area contributed by atoms with Crippen LogP contribution in [0, 0.1) is 17.7 Å². The zero-order valence-corrected chi connectivity index (χ0v) is 14.3. The Labute approximate surface area is 148 Å². The summed E-state index contributed by atoms with van der Waals surface area (Å²) in [4.78, 5) is 31.2. The van der Waals surface area contributed by atoms with E-state index >= 15 is 0 Å². The number of nitrogens with zero attached hydrogens (tertiary/aromatic N) is 4. The third-order valence-corrected chi connectivity index (χ3v) is 5.91. The zero-order valence-electron chi connectivity index (χ0n) is 14.3. The number of pyridine rings is 1. The van der Waals surface area contributed by atoms with Crippen LogP contribution in [0.4, 0.5) is 10.2 Å². The lowest BCUT2D eigenvalue weighted by Gasteiger charge is -2.23. The second-order valence-corrected chi connectivity index (χ2v) is 7.64. The van der Waals surface area contributed by atoms with Crippen molar-refractivity contribution in [3.63, 3.8) is 0 Å². The van der Waals surface area contributed by atoms with Crippen LogP contribution in [0.5, 0.6) is 0 Å². The van der Waals surface area contributed by atoms with E-state index in [-0.39, 0.29) is 22.9 Å². The van der Waals surface area contributed by atoms with Gasteiger partial charge < -0.3 is 16.1 Å². The normalized spacial score (nSPS) is 25.7. The van der Waals surface area contributed by atoms with Crippen LogP contribution in [0.2, 0.25) is 0 Å². The topological polar surface area (TPSA) is 98.2 Å². The van der Waals surface area contributed by atoms with Gasteiger partial charge in [0.05, 0.1) is 5.39 Å². The van der Waals surface area contributed by atoms with Crippen molar-refractivity contribution in [1.29, 1.82) is 0 Å². The van der Waals surface area contributed by atoms with E-state index < -0.39 is 17.1 Å². The predicted octanol–water partition coefficient (Wildman–Crippen LogP) is -0.208. The van der Waals surface area contributed by atoms with Gasteiger partial charge in [-0.05, 0) is 50.3 Å². The lowest BCUT2D eigenvalue weighted by atomic mass is 9.90. The number of hydrogen-bond acceptors (Lipinski definition) is 6. The maximum atomic E-state index is 14.8. The van der Waals surface area contributed by atoms with Crippen LogP contribution in [-0.4, -0.2) is 40.4 Å². The van der Waals surface area contributed by atoms with Gasteiger partial charge in [-0.25, -0.2) is 14.2 Å². The van der Waals surface area contributed by atoms with Gasteiger partial charge in [0, 0.05) is 19.1 Å². The summed E-state index contributed by atoms with van der Waals surface area (Å²) in [5, 5.41) is 3.44. The van der Waals surface area contributed by atoms with Gasteiger partial charge in [-0.3, -0.25) is 9.36 Å². The Balaban J connectivity index is 1.67. The highest BCUT2D eigenvalue weighted by molar-refractivity contribution is 5.77. The van der Waals surface area contributed by atoms with E-state index in [1.165, 1.54) is 10.6 Å². The monoisotopic (exact) mass is 360 g/mol. The summed E-state index contributed by atoms with van der Waals surface area (Å²) in [6.45, 7) is 3.40. The molecule has 4 heterocycles. The van der Waals surface area contributed by atoms with E-state index in [2.05, 4.69) is 10.3 Å². The van der Waals surface area contributed by atoms with Crippen molar-refractivity contribution >= 4 is 16.9 Å². The molecule has 2 atom stereocenters. The van der Waals surface area contributed by atoms with Crippen molar-refractivity contribution in [1.82, 2.24) is 19.5 Å². The molecule has 1 saturated carbocycles. The quantitative estimate of drug-likeness (QED) is 0.720. The molecule has 2 aliphatic heterocycles. The molecule has 0 radical (unpaired) electrons. The molecule has 9 heteroatoms. The minimum Gasteiger partial charge on any atom is -0.353 e. The summed E-state index contributed by atoms with van der Waals surface area (Å²) in [6, 6.07) is 1.17. The highest BCUT2D eigenvalue weighted by atomic mass is 19.1. The minimum absolute atomic E-state index is 0.0171. The fourth-order valence-corrected chi connectivity index (χ4v) is 4.36. The Bertz CT molecular complexity index is 997. The summed E-state index contributed by atoms with van der Waals surface area (Å²) in [7, 11) is 0. The molecule has 8 nitrogen and oxygen atoms in total. The number of nitrogen functional groups attached to an aromatic ring is 1. The highest BCUT2D eigenvalue weighted by Crippen LogP contribution is 2.36. The zero-order chi connectivity index (χ0) is 18.0. The van der Waals surface area contributed by atoms with Gasteiger partial charge in [-0.1, -0.05) is 0 Å². The first-order valence-electron chi connectivity index (χ1n) is 9.13. The first kappa shape index (κ1) is 15.8. The lowest BCUT2D eigenvalue weighted by molar-refractivity contribution is 0.318. The first-order valence-corrected chi connectivity index (χ1v) is 9.13. The number of fused-ring (bicyclic) bond motifs is 2. The van der Waals surface area contributed by atoms with Crippen molar-refractivity contribution in [2.45, 2.75) is 25.3 Å². The second kappa shape index (κ2) is 5.54. The molecule has 0 bridgehead atoms. The first-order chi connectivity index (χ1) is 12.5. The summed E-state index contributed by atoms with van der Waals surface area (Å²) in [5.74, 6) is 6.30. The number of rotatable bonds is 2. The average molecular weight is 360 g/mol. The molecule has 138 valence electrons. The van der Waals surface area contributed by atoms with E-state index in [1.807, 2.05) is 4.90 Å². The maximum absolute atomic E-state index is 14.8. The van der Waals surface area contributed by atoms with Crippen molar-refractivity contribution in [2.24, 2.45) is 11.8 Å². The summed E-state index contributed by atoms with van der Waals surface area (Å²) in [6.07, 6.45) is 2.74. The molecule has 2 aromatic rings. The largest absolute Gasteiger partial charge is 0.353 e. The molecule has 3 fully saturated rings. The molecule has 2 aromatic heterocycles. The van der Waals surface area contributed by atoms with Gasteiger partial charge in [0.1, 0.15) is 0 Å². The number of nitrogens with two attached hydrogens (primary N) is 1. The molecule has 26 heavy (non-hydrogen) atoms. The van der Waals surface area contributed by atoms with Crippen LogP contribution in [0.25, 0.3) is 11.0 Å². The van der Waals surface area contributed by atoms with Crippen LogP contribution < -0.4 is 27.3 Å². The molecule has 2 saturated heterocycles. The highest BCUT2D eigenvalue weighted by Gasteiger charge is 2.36. The number of nitrogens with one attached hydrogen (secondary N) is 1. The van der Waals surface area contributed by atoms with E-state index in [0.29, 0.717) is 16.5 Å². The van der Waals surface area contributed by atoms with Crippen LogP contribution in [-0.2, 0) is 0 Å². The fourth-order valence-electron chi connectivity index (χ4n) is 4.36. The van der Waals surface area contributed by atoms with Crippen molar-refractivity contribution < 1.29 is 4.39 Å². The Morgan fingerprint density at radius 2 is 1.96 bits per heavy atom. The molecule has 0 aromatic carbocycles. The Kier molecular flexibility index (Phi) is 3.37. The lowest BCUT2D eigenvalue weighted by Crippen LogP contribution is -2.45. The summed E-state index contributed by atoms with van der Waals surface area (Å²) >= 11 is 0. The molecular formula is C17H21FN6O2. The number of halogens is 1. The van der Waals surface area contributed by atoms with Gasteiger partial charge in [-0.2, -0.15) is 4.68 Å². The van der Waals surface area contributed by atoms with Gasteiger partial charge in [0.2, 0.25) is 0 Å². The van der Waals surface area contributed by atoms with E-state index in [0.717, 1.165) is 45.4 Å². The Hall–Kier alpha value is -2.42. The molecule has 0 spiro atoms. The van der Waals surface area contributed by atoms with Crippen LogP contribution in [0.1, 0.15) is 25.3 Å². The molecule has 5 rings (SSSR count). The third-order valence-electron chi connectivity index (χ3n) is 5.91. The van der Waals surface area contributed by atoms with Gasteiger partial charge in [0.25, 0.3) is 5.56 Å². The molecule has 3 N–H and O–H groups in total. The molecule has 3 aliphatic rings. The molecule has 0 amide bonds. The molecule has 2 unspecified atom stereocenters. The number of hydrogen-bond donors (Lipinski definition) is 2. The SMILES string of the molecule is Nn1c(=O)c2cc(F)c(N3CC4CCNCC4C3)nc2n(C2CC2)c1=O. The Morgan fingerprint density at radius 3 is 2.69 bits per heavy atom. The second-order valence-electron chi connectivity index (χ2n) is 7.64. The Morgan fingerprint density at radius 1 is 1.19 bits per heavy atom. The van der Waals surface area contributed by atoms with Crippen LogP contribution >= 0.6 is 0 Å². The molecular weight excluding hydrogens is 339 g/mol. The van der Waals surface area contributed by atoms with Crippen LogP contribution in [0.3, 0.4) is 0 Å². The molecule has 1 aliphatic carbocycles. The number of anilines is 1. The van der Waals surface area contributed by atoms with Crippen molar-refractivity contribution in [2.75, 3.05) is 36.9 Å². The van der Waals surface area contributed by atoms with E-state index in [4.69, 9.17) is 5.84 Å². The summed E-state index contributed by atoms with van der Waals surface area (Å²) in [5.41, 5.74) is -1.05. The average Bonchev–Trinajstić information content (AvgIpc) is 3.37. The third kappa shape index (κ3) is 2.26. The van der Waals surface area contributed by atoms with Crippen LogP contribution in [0.15, 0.2) is 15.7 Å².